The minimum Gasteiger partial charge on any atom is -0.493 e. The number of hydrogen-bond acceptors (Lipinski definition) is 4. The van der Waals surface area contributed by atoms with Crippen LogP contribution >= 0.6 is 0 Å². The quantitative estimate of drug-likeness (QED) is 0.580. The fraction of sp³-hybridized carbons (Fsp3) is 0.636. The molecule has 2 rings (SSSR count). The lowest BCUT2D eigenvalue weighted by Crippen LogP contribution is -2.35. The highest BCUT2D eigenvalue weighted by Gasteiger charge is 2.30. The number of carboxylic acid groups (broad SMARTS) is 1. The zero-order valence-electron chi connectivity index (χ0n) is 17.2. The number of unbranched alkanes of at least 4 members (excludes halogenated alkanes) is 2. The van der Waals surface area contributed by atoms with Crippen molar-refractivity contribution in [3.05, 3.63) is 23.8 Å². The fourth-order valence-corrected chi connectivity index (χ4v) is 3.62. The van der Waals surface area contributed by atoms with Crippen LogP contribution in [0.3, 0.4) is 0 Å². The van der Waals surface area contributed by atoms with E-state index in [1.807, 2.05) is 25.1 Å². The predicted molar refractivity (Wildman–Crippen MR) is 108 cm³/mol. The van der Waals surface area contributed by atoms with E-state index in [-0.39, 0.29) is 23.8 Å². The second-order valence-electron chi connectivity index (χ2n) is 7.58. The van der Waals surface area contributed by atoms with Crippen LogP contribution in [0.2, 0.25) is 0 Å². The van der Waals surface area contributed by atoms with Crippen molar-refractivity contribution in [3.8, 4) is 11.5 Å². The van der Waals surface area contributed by atoms with Crippen LogP contribution < -0.4 is 14.8 Å². The highest BCUT2D eigenvalue weighted by Crippen LogP contribution is 2.32. The Balaban J connectivity index is 1.91. The first-order chi connectivity index (χ1) is 13.5. The lowest BCUT2D eigenvalue weighted by molar-refractivity contribution is -0.144. The third kappa shape index (κ3) is 6.14. The Morgan fingerprint density at radius 1 is 1.14 bits per heavy atom. The molecular formula is C22H33NO5. The Morgan fingerprint density at radius 3 is 2.43 bits per heavy atom. The van der Waals surface area contributed by atoms with Gasteiger partial charge in [-0.3, -0.25) is 9.59 Å². The maximum absolute atomic E-state index is 12.6. The van der Waals surface area contributed by atoms with Crippen LogP contribution in [0, 0.1) is 11.8 Å². The molecule has 0 aromatic heterocycles. The van der Waals surface area contributed by atoms with Crippen molar-refractivity contribution in [2.24, 2.45) is 11.8 Å². The SMILES string of the molecule is CCCCCOc1ccc(C(C)NC(=O)C2CCC(C(=O)O)CC2)cc1OC. The molecule has 1 aliphatic carbocycles. The van der Waals surface area contributed by atoms with E-state index in [1.54, 1.807) is 7.11 Å². The van der Waals surface area contributed by atoms with Gasteiger partial charge in [0.1, 0.15) is 0 Å². The van der Waals surface area contributed by atoms with Crippen LogP contribution in [0.5, 0.6) is 11.5 Å². The lowest BCUT2D eigenvalue weighted by atomic mass is 9.81. The van der Waals surface area contributed by atoms with Crippen LogP contribution in [0.1, 0.15) is 70.4 Å². The smallest absolute Gasteiger partial charge is 0.306 e. The summed E-state index contributed by atoms with van der Waals surface area (Å²) in [4.78, 5) is 23.6. The van der Waals surface area contributed by atoms with Gasteiger partial charge in [0.05, 0.1) is 25.7 Å². The van der Waals surface area contributed by atoms with Crippen molar-refractivity contribution in [2.75, 3.05) is 13.7 Å². The molecule has 1 atom stereocenters. The molecule has 0 radical (unpaired) electrons. The van der Waals surface area contributed by atoms with E-state index in [0.29, 0.717) is 43.8 Å². The molecule has 0 spiro atoms. The Bertz CT molecular complexity index is 652. The van der Waals surface area contributed by atoms with E-state index in [1.165, 1.54) is 0 Å². The second-order valence-corrected chi connectivity index (χ2v) is 7.58. The van der Waals surface area contributed by atoms with Crippen molar-refractivity contribution in [3.63, 3.8) is 0 Å². The standard InChI is InChI=1S/C22H33NO5/c1-4-5-6-13-28-19-12-11-18(14-20(19)27-3)15(2)23-21(24)16-7-9-17(10-8-16)22(25)26/h11-12,14-17H,4-10,13H2,1-3H3,(H,23,24)(H,25,26). The maximum atomic E-state index is 12.6. The molecular weight excluding hydrogens is 358 g/mol. The fourth-order valence-electron chi connectivity index (χ4n) is 3.62. The number of benzene rings is 1. The summed E-state index contributed by atoms with van der Waals surface area (Å²) in [7, 11) is 1.61. The highest BCUT2D eigenvalue weighted by molar-refractivity contribution is 5.79. The van der Waals surface area contributed by atoms with Crippen molar-refractivity contribution in [1.82, 2.24) is 5.32 Å². The number of ether oxygens (including phenoxy) is 2. The molecule has 28 heavy (non-hydrogen) atoms. The third-order valence-corrected chi connectivity index (χ3v) is 5.50. The van der Waals surface area contributed by atoms with E-state index in [2.05, 4.69) is 12.2 Å². The Hall–Kier alpha value is -2.24. The summed E-state index contributed by atoms with van der Waals surface area (Å²) in [6.45, 7) is 4.76. The second kappa shape index (κ2) is 10.9. The van der Waals surface area contributed by atoms with Gasteiger partial charge in [-0.1, -0.05) is 25.8 Å². The molecule has 6 heteroatoms. The van der Waals surface area contributed by atoms with Gasteiger partial charge in [0.15, 0.2) is 11.5 Å². The van der Waals surface area contributed by atoms with Gasteiger partial charge in [-0.2, -0.15) is 0 Å². The summed E-state index contributed by atoms with van der Waals surface area (Å²) in [5, 5.41) is 12.1. The van der Waals surface area contributed by atoms with Crippen LogP contribution in [-0.2, 0) is 9.59 Å². The van der Waals surface area contributed by atoms with Crippen LogP contribution in [0.4, 0.5) is 0 Å². The number of methoxy groups -OCH3 is 1. The molecule has 0 heterocycles. The van der Waals surface area contributed by atoms with Gasteiger partial charge < -0.3 is 19.9 Å². The predicted octanol–water partition coefficient (Wildman–Crippen LogP) is 4.33. The molecule has 0 aliphatic heterocycles. The number of rotatable bonds is 10. The Kier molecular flexibility index (Phi) is 8.61. The molecule has 1 aliphatic rings. The van der Waals surface area contributed by atoms with E-state index < -0.39 is 5.97 Å². The topological polar surface area (TPSA) is 84.9 Å². The first kappa shape index (κ1) is 22.1. The number of nitrogens with one attached hydrogen (secondary N) is 1. The summed E-state index contributed by atoms with van der Waals surface area (Å²) in [6.07, 6.45) is 5.69. The number of amides is 1. The van der Waals surface area contributed by atoms with Gasteiger partial charge in [-0.15, -0.1) is 0 Å². The molecule has 1 fully saturated rings. The first-order valence-corrected chi connectivity index (χ1v) is 10.3. The van der Waals surface area contributed by atoms with E-state index in [4.69, 9.17) is 14.6 Å². The van der Waals surface area contributed by atoms with Crippen molar-refractivity contribution < 1.29 is 24.2 Å². The Morgan fingerprint density at radius 2 is 1.82 bits per heavy atom. The maximum Gasteiger partial charge on any atom is 0.306 e. The van der Waals surface area contributed by atoms with Crippen LogP contribution in [-0.4, -0.2) is 30.7 Å². The van der Waals surface area contributed by atoms with Gasteiger partial charge in [0.25, 0.3) is 0 Å². The number of carbonyl (C=O) groups excluding carboxylic acids is 1. The number of carboxylic acids is 1. The third-order valence-electron chi connectivity index (χ3n) is 5.50. The molecule has 0 saturated heterocycles. The summed E-state index contributed by atoms with van der Waals surface area (Å²) < 4.78 is 11.3. The van der Waals surface area contributed by atoms with Crippen molar-refractivity contribution in [2.45, 2.75) is 64.8 Å². The van der Waals surface area contributed by atoms with E-state index in [9.17, 15) is 9.59 Å². The number of hydrogen-bond donors (Lipinski definition) is 2. The molecule has 1 saturated carbocycles. The molecule has 1 unspecified atom stereocenters. The zero-order valence-corrected chi connectivity index (χ0v) is 17.2. The zero-order chi connectivity index (χ0) is 20.5. The summed E-state index contributed by atoms with van der Waals surface area (Å²) in [5.74, 6) is 0.202. The normalized spacial score (nSPS) is 20.2. The van der Waals surface area contributed by atoms with E-state index >= 15 is 0 Å². The minimum absolute atomic E-state index is 0.00445. The van der Waals surface area contributed by atoms with Gasteiger partial charge >= 0.3 is 5.97 Å². The molecule has 6 nitrogen and oxygen atoms in total. The average Bonchev–Trinajstić information content (AvgIpc) is 2.71. The first-order valence-electron chi connectivity index (χ1n) is 10.3. The summed E-state index contributed by atoms with van der Waals surface area (Å²) in [5.41, 5.74) is 0.949. The lowest BCUT2D eigenvalue weighted by Gasteiger charge is -2.26. The summed E-state index contributed by atoms with van der Waals surface area (Å²) in [6, 6.07) is 5.58. The summed E-state index contributed by atoms with van der Waals surface area (Å²) >= 11 is 0. The molecule has 0 bridgehead atoms. The van der Waals surface area contributed by atoms with E-state index in [0.717, 1.165) is 24.8 Å². The van der Waals surface area contributed by atoms with Crippen LogP contribution in [0.25, 0.3) is 0 Å². The largest absolute Gasteiger partial charge is 0.493 e. The van der Waals surface area contributed by atoms with Crippen molar-refractivity contribution in [1.29, 1.82) is 0 Å². The Labute approximate surface area is 167 Å². The van der Waals surface area contributed by atoms with Crippen molar-refractivity contribution >= 4 is 11.9 Å². The number of carbonyl (C=O) groups is 2. The minimum atomic E-state index is -0.753. The molecule has 1 aromatic carbocycles. The van der Waals surface area contributed by atoms with Gasteiger partial charge in [-0.25, -0.2) is 0 Å². The van der Waals surface area contributed by atoms with Gasteiger partial charge in [0.2, 0.25) is 5.91 Å². The average molecular weight is 392 g/mol. The molecule has 1 amide bonds. The number of aliphatic carboxylic acids is 1. The van der Waals surface area contributed by atoms with Gasteiger partial charge in [-0.05, 0) is 56.7 Å². The molecule has 156 valence electrons. The monoisotopic (exact) mass is 391 g/mol. The molecule has 2 N–H and O–H groups in total. The molecule has 1 aromatic rings. The van der Waals surface area contributed by atoms with Crippen LogP contribution in [0.15, 0.2) is 18.2 Å². The van der Waals surface area contributed by atoms with Gasteiger partial charge in [0, 0.05) is 5.92 Å². The highest BCUT2D eigenvalue weighted by atomic mass is 16.5.